The van der Waals surface area contributed by atoms with Crippen LogP contribution >= 0.6 is 0 Å². The second-order valence-electron chi connectivity index (χ2n) is 5.32. The molecule has 3 fully saturated rings. The van der Waals surface area contributed by atoms with Gasteiger partial charge in [-0.1, -0.05) is 0 Å². The first-order valence-electron chi connectivity index (χ1n) is 6.21. The molecule has 16 heavy (non-hydrogen) atoms. The molecule has 1 aliphatic carbocycles. The summed E-state index contributed by atoms with van der Waals surface area (Å²) in [7, 11) is 0. The fourth-order valence-corrected chi connectivity index (χ4v) is 3.82. The van der Waals surface area contributed by atoms with E-state index in [1.54, 1.807) is 0 Å². The van der Waals surface area contributed by atoms with Gasteiger partial charge in [0.2, 0.25) is 0 Å². The Morgan fingerprint density at radius 3 is 2.88 bits per heavy atom. The van der Waals surface area contributed by atoms with Gasteiger partial charge in [0.1, 0.15) is 0 Å². The molecule has 2 heterocycles. The van der Waals surface area contributed by atoms with E-state index < -0.39 is 5.97 Å². The topological polar surface area (TPSA) is 57.6 Å². The zero-order valence-electron chi connectivity index (χ0n) is 9.26. The SMILES string of the molecule is O=C(O)[C@@H]1CC[C@H]2[C@@H](C1)C(=O)[C@@H]1CCCN12. The number of hydrogen-bond acceptors (Lipinski definition) is 3. The predicted octanol–water partition coefficient (Wildman–Crippen LogP) is 0.903. The van der Waals surface area contributed by atoms with Gasteiger partial charge in [-0.15, -0.1) is 0 Å². The summed E-state index contributed by atoms with van der Waals surface area (Å²) >= 11 is 0. The maximum Gasteiger partial charge on any atom is 0.306 e. The standard InChI is InChI=1S/C12H17NO3/c14-11-8-6-7(12(15)16)3-4-9(8)13-5-1-2-10(11)13/h7-10H,1-6H2,(H,15,16)/t7-,8-,9+,10+/m1/s1. The first kappa shape index (κ1) is 10.3. The van der Waals surface area contributed by atoms with Crippen molar-refractivity contribution in [2.24, 2.45) is 11.8 Å². The minimum absolute atomic E-state index is 0.0140. The van der Waals surface area contributed by atoms with E-state index in [1.165, 1.54) is 0 Å². The molecule has 0 radical (unpaired) electrons. The highest BCUT2D eigenvalue weighted by atomic mass is 16.4. The number of ketones is 1. The van der Waals surface area contributed by atoms with Crippen LogP contribution in [0.1, 0.15) is 32.1 Å². The van der Waals surface area contributed by atoms with Crippen LogP contribution in [-0.4, -0.2) is 40.4 Å². The van der Waals surface area contributed by atoms with Crippen molar-refractivity contribution in [1.29, 1.82) is 0 Å². The molecule has 1 saturated carbocycles. The highest BCUT2D eigenvalue weighted by Gasteiger charge is 2.52. The highest BCUT2D eigenvalue weighted by Crippen LogP contribution is 2.43. The normalized spacial score (nSPS) is 43.1. The largest absolute Gasteiger partial charge is 0.481 e. The highest BCUT2D eigenvalue weighted by molar-refractivity contribution is 5.90. The van der Waals surface area contributed by atoms with Crippen LogP contribution in [0, 0.1) is 11.8 Å². The number of nitrogens with zero attached hydrogens (tertiary/aromatic N) is 1. The molecule has 0 aromatic carbocycles. The van der Waals surface area contributed by atoms with Crippen LogP contribution in [0.5, 0.6) is 0 Å². The van der Waals surface area contributed by atoms with Gasteiger partial charge in [0.05, 0.1) is 12.0 Å². The molecule has 0 bridgehead atoms. The van der Waals surface area contributed by atoms with E-state index in [2.05, 4.69) is 4.90 Å². The van der Waals surface area contributed by atoms with E-state index in [0.29, 0.717) is 18.2 Å². The van der Waals surface area contributed by atoms with Crippen molar-refractivity contribution in [3.05, 3.63) is 0 Å². The van der Waals surface area contributed by atoms with Gasteiger partial charge in [-0.25, -0.2) is 0 Å². The molecule has 4 heteroatoms. The Labute approximate surface area is 94.6 Å². The van der Waals surface area contributed by atoms with E-state index in [0.717, 1.165) is 32.2 Å². The number of rotatable bonds is 1. The summed E-state index contributed by atoms with van der Waals surface area (Å²) < 4.78 is 0. The molecule has 0 amide bonds. The second-order valence-corrected chi connectivity index (χ2v) is 5.32. The minimum Gasteiger partial charge on any atom is -0.481 e. The summed E-state index contributed by atoms with van der Waals surface area (Å²) in [6.45, 7) is 1.04. The number of carboxylic acid groups (broad SMARTS) is 1. The molecule has 3 aliphatic rings. The van der Waals surface area contributed by atoms with E-state index in [-0.39, 0.29) is 17.9 Å². The molecule has 2 saturated heterocycles. The third kappa shape index (κ3) is 1.32. The fourth-order valence-electron chi connectivity index (χ4n) is 3.82. The Morgan fingerprint density at radius 2 is 2.12 bits per heavy atom. The summed E-state index contributed by atoms with van der Waals surface area (Å²) in [4.78, 5) is 25.5. The van der Waals surface area contributed by atoms with Crippen LogP contribution < -0.4 is 0 Å². The zero-order valence-corrected chi connectivity index (χ0v) is 9.26. The van der Waals surface area contributed by atoms with Crippen molar-refractivity contribution in [3.63, 3.8) is 0 Å². The molecule has 0 unspecified atom stereocenters. The molecule has 3 rings (SSSR count). The molecule has 1 N–H and O–H groups in total. The van der Waals surface area contributed by atoms with Gasteiger partial charge < -0.3 is 5.11 Å². The lowest BCUT2D eigenvalue weighted by Crippen LogP contribution is -2.38. The summed E-state index contributed by atoms with van der Waals surface area (Å²) in [6.07, 6.45) is 4.33. The van der Waals surface area contributed by atoms with Crippen LogP contribution in [0.25, 0.3) is 0 Å². The number of fused-ring (bicyclic) bond motifs is 3. The summed E-state index contributed by atoms with van der Waals surface area (Å²) in [5.74, 6) is -0.669. The number of carboxylic acids is 1. The minimum atomic E-state index is -0.724. The van der Waals surface area contributed by atoms with Crippen molar-refractivity contribution in [3.8, 4) is 0 Å². The van der Waals surface area contributed by atoms with Gasteiger partial charge in [-0.05, 0) is 38.6 Å². The molecule has 2 aliphatic heterocycles. The molecule has 4 atom stereocenters. The lowest BCUT2D eigenvalue weighted by Gasteiger charge is -2.32. The Balaban J connectivity index is 1.80. The number of carbonyl (C=O) groups excluding carboxylic acids is 1. The molecular formula is C12H17NO3. The Hall–Kier alpha value is -0.900. The van der Waals surface area contributed by atoms with E-state index in [9.17, 15) is 9.59 Å². The molecule has 0 aromatic heterocycles. The molecule has 0 aromatic rings. The zero-order chi connectivity index (χ0) is 11.3. The number of hydrogen-bond donors (Lipinski definition) is 1. The molecule has 88 valence electrons. The summed E-state index contributed by atoms with van der Waals surface area (Å²) in [5.41, 5.74) is 0. The third-order valence-electron chi connectivity index (χ3n) is 4.58. The number of aliphatic carboxylic acids is 1. The second kappa shape index (κ2) is 3.55. The van der Waals surface area contributed by atoms with Gasteiger partial charge in [0, 0.05) is 12.0 Å². The van der Waals surface area contributed by atoms with Crippen molar-refractivity contribution < 1.29 is 14.7 Å². The van der Waals surface area contributed by atoms with Crippen LogP contribution in [0.2, 0.25) is 0 Å². The average Bonchev–Trinajstić information content (AvgIpc) is 2.83. The average molecular weight is 223 g/mol. The van der Waals surface area contributed by atoms with Gasteiger partial charge >= 0.3 is 5.97 Å². The van der Waals surface area contributed by atoms with Crippen LogP contribution in [0.4, 0.5) is 0 Å². The molecular weight excluding hydrogens is 206 g/mol. The van der Waals surface area contributed by atoms with E-state index in [4.69, 9.17) is 5.11 Å². The van der Waals surface area contributed by atoms with Crippen LogP contribution in [0.3, 0.4) is 0 Å². The van der Waals surface area contributed by atoms with Crippen LogP contribution in [0.15, 0.2) is 0 Å². The van der Waals surface area contributed by atoms with Crippen molar-refractivity contribution in [2.45, 2.75) is 44.2 Å². The van der Waals surface area contributed by atoms with Gasteiger partial charge in [0.25, 0.3) is 0 Å². The number of Topliss-reactive ketones (excluding diaryl/α,β-unsaturated/α-hetero) is 1. The molecule has 4 nitrogen and oxygen atoms in total. The maximum atomic E-state index is 12.2. The summed E-state index contributed by atoms with van der Waals surface area (Å²) in [6, 6.07) is 0.484. The van der Waals surface area contributed by atoms with E-state index >= 15 is 0 Å². The number of carbonyl (C=O) groups is 2. The lowest BCUT2D eigenvalue weighted by atomic mass is 9.77. The van der Waals surface area contributed by atoms with Gasteiger partial charge in [0.15, 0.2) is 5.78 Å². The molecule has 0 spiro atoms. The third-order valence-corrected chi connectivity index (χ3v) is 4.58. The Bertz CT molecular complexity index is 341. The monoisotopic (exact) mass is 223 g/mol. The van der Waals surface area contributed by atoms with E-state index in [1.807, 2.05) is 0 Å². The quantitative estimate of drug-likeness (QED) is 0.717. The predicted molar refractivity (Wildman–Crippen MR) is 57.0 cm³/mol. The van der Waals surface area contributed by atoms with Gasteiger partial charge in [-0.3, -0.25) is 14.5 Å². The first-order valence-corrected chi connectivity index (χ1v) is 6.21. The smallest absolute Gasteiger partial charge is 0.306 e. The van der Waals surface area contributed by atoms with Crippen molar-refractivity contribution in [2.75, 3.05) is 6.54 Å². The summed E-state index contributed by atoms with van der Waals surface area (Å²) in [5, 5.41) is 9.02. The van der Waals surface area contributed by atoms with Crippen molar-refractivity contribution in [1.82, 2.24) is 4.90 Å². The Morgan fingerprint density at radius 1 is 1.31 bits per heavy atom. The first-order chi connectivity index (χ1) is 7.68. The van der Waals surface area contributed by atoms with Crippen molar-refractivity contribution >= 4 is 11.8 Å². The lowest BCUT2D eigenvalue weighted by molar-refractivity contribution is -0.143. The van der Waals surface area contributed by atoms with Gasteiger partial charge in [-0.2, -0.15) is 0 Å². The van der Waals surface area contributed by atoms with Crippen LogP contribution in [-0.2, 0) is 9.59 Å². The fraction of sp³-hybridized carbons (Fsp3) is 0.833. The maximum absolute atomic E-state index is 12.2. The Kier molecular flexibility index (Phi) is 2.28.